The zero-order valence-corrected chi connectivity index (χ0v) is 14.1. The molecule has 2 aliphatic rings. The van der Waals surface area contributed by atoms with Gasteiger partial charge < -0.3 is 4.98 Å². The number of fused-ring (bicyclic) bond motifs is 3. The minimum atomic E-state index is 0.110. The smallest absolute Gasteiger partial charge is 0.263 e. The van der Waals surface area contributed by atoms with E-state index in [-0.39, 0.29) is 5.56 Å². The second-order valence-corrected chi connectivity index (χ2v) is 8.38. The Labute approximate surface area is 133 Å². The second kappa shape index (κ2) is 4.78. The van der Waals surface area contributed by atoms with Gasteiger partial charge in [0.05, 0.1) is 5.39 Å². The van der Waals surface area contributed by atoms with Crippen LogP contribution in [0.2, 0.25) is 0 Å². The van der Waals surface area contributed by atoms with Crippen LogP contribution in [0, 0.1) is 36.4 Å². The van der Waals surface area contributed by atoms with Crippen molar-refractivity contribution in [3.8, 4) is 0 Å². The summed E-state index contributed by atoms with van der Waals surface area (Å²) >= 11 is 7.09. The third-order valence-electron chi connectivity index (χ3n) is 5.61. The van der Waals surface area contributed by atoms with E-state index in [1.165, 1.54) is 30.6 Å². The van der Waals surface area contributed by atoms with Crippen LogP contribution >= 0.6 is 23.6 Å². The predicted molar refractivity (Wildman–Crippen MR) is 89.7 cm³/mol. The molecule has 1 N–H and O–H groups in total. The van der Waals surface area contributed by atoms with Crippen molar-refractivity contribution in [2.45, 2.75) is 46.1 Å². The van der Waals surface area contributed by atoms with Crippen LogP contribution in [-0.2, 0) is 6.54 Å². The first kappa shape index (κ1) is 13.7. The third-order valence-corrected chi connectivity index (χ3v) is 7.06. The Balaban J connectivity index is 1.80. The predicted octanol–water partition coefficient (Wildman–Crippen LogP) is 4.17. The number of aromatic nitrogens is 2. The van der Waals surface area contributed by atoms with E-state index in [0.29, 0.717) is 10.7 Å². The Hall–Kier alpha value is -0.940. The fraction of sp³-hybridized carbons (Fsp3) is 0.625. The van der Waals surface area contributed by atoms with E-state index in [4.69, 9.17) is 12.2 Å². The first-order valence-electron chi connectivity index (χ1n) is 7.77. The molecule has 0 amide bonds. The lowest BCUT2D eigenvalue weighted by atomic mass is 9.89. The molecule has 21 heavy (non-hydrogen) atoms. The molecule has 2 bridgehead atoms. The van der Waals surface area contributed by atoms with Gasteiger partial charge in [0.1, 0.15) is 4.83 Å². The quantitative estimate of drug-likeness (QED) is 0.843. The summed E-state index contributed by atoms with van der Waals surface area (Å²) < 4.78 is 2.42. The SMILES string of the molecule is Cc1sc2[nH]c(=S)n(CC3CC4CCC3C4)c(=O)c2c1C. The number of H-pyrrole nitrogens is 1. The third kappa shape index (κ3) is 2.05. The molecule has 2 aromatic rings. The van der Waals surface area contributed by atoms with E-state index >= 15 is 0 Å². The van der Waals surface area contributed by atoms with Gasteiger partial charge in [-0.15, -0.1) is 11.3 Å². The maximum atomic E-state index is 12.9. The highest BCUT2D eigenvalue weighted by Crippen LogP contribution is 2.48. The molecular weight excluding hydrogens is 300 g/mol. The van der Waals surface area contributed by atoms with Crippen LogP contribution in [-0.4, -0.2) is 9.55 Å². The molecule has 2 fully saturated rings. The highest BCUT2D eigenvalue weighted by atomic mass is 32.1. The summed E-state index contributed by atoms with van der Waals surface area (Å²) in [7, 11) is 0. The molecule has 0 aromatic carbocycles. The summed E-state index contributed by atoms with van der Waals surface area (Å²) in [6.45, 7) is 4.91. The zero-order chi connectivity index (χ0) is 14.7. The number of aromatic amines is 1. The van der Waals surface area contributed by atoms with Crippen LogP contribution in [0.5, 0.6) is 0 Å². The molecule has 3 atom stereocenters. The highest BCUT2D eigenvalue weighted by Gasteiger charge is 2.39. The van der Waals surface area contributed by atoms with Crippen LogP contribution in [0.15, 0.2) is 4.79 Å². The van der Waals surface area contributed by atoms with E-state index in [2.05, 4.69) is 11.9 Å². The fourth-order valence-electron chi connectivity index (χ4n) is 4.36. The Kier molecular flexibility index (Phi) is 3.12. The minimum absolute atomic E-state index is 0.110. The summed E-state index contributed by atoms with van der Waals surface area (Å²) in [5, 5.41) is 0.842. The van der Waals surface area contributed by atoms with Crippen molar-refractivity contribution in [1.29, 1.82) is 0 Å². The van der Waals surface area contributed by atoms with Gasteiger partial charge in [0.2, 0.25) is 0 Å². The average molecular weight is 320 g/mol. The van der Waals surface area contributed by atoms with Crippen molar-refractivity contribution in [2.75, 3.05) is 0 Å². The fourth-order valence-corrected chi connectivity index (χ4v) is 5.74. The normalized spacial score (nSPS) is 27.8. The number of thiophene rings is 1. The van der Waals surface area contributed by atoms with Crippen molar-refractivity contribution in [3.05, 3.63) is 25.6 Å². The second-order valence-electron chi connectivity index (χ2n) is 6.77. The molecule has 112 valence electrons. The van der Waals surface area contributed by atoms with Crippen molar-refractivity contribution in [2.24, 2.45) is 17.8 Å². The van der Waals surface area contributed by atoms with E-state index in [1.807, 2.05) is 11.5 Å². The number of aryl methyl sites for hydroxylation is 2. The molecule has 2 heterocycles. The summed E-state index contributed by atoms with van der Waals surface area (Å²) in [4.78, 5) is 18.3. The van der Waals surface area contributed by atoms with E-state index in [9.17, 15) is 4.79 Å². The first-order chi connectivity index (χ1) is 10.0. The lowest BCUT2D eigenvalue weighted by Gasteiger charge is -2.22. The molecule has 0 aliphatic heterocycles. The van der Waals surface area contributed by atoms with Crippen molar-refractivity contribution < 1.29 is 0 Å². The maximum Gasteiger partial charge on any atom is 0.263 e. The van der Waals surface area contributed by atoms with E-state index in [0.717, 1.165) is 34.2 Å². The van der Waals surface area contributed by atoms with Crippen molar-refractivity contribution in [3.63, 3.8) is 0 Å². The topological polar surface area (TPSA) is 37.8 Å². The van der Waals surface area contributed by atoms with Gasteiger partial charge in [-0.1, -0.05) is 6.42 Å². The minimum Gasteiger partial charge on any atom is -0.323 e. The summed E-state index contributed by atoms with van der Waals surface area (Å²) in [5.41, 5.74) is 1.21. The van der Waals surface area contributed by atoms with Gasteiger partial charge >= 0.3 is 0 Å². The molecule has 3 nitrogen and oxygen atoms in total. The van der Waals surface area contributed by atoms with Gasteiger partial charge in [-0.2, -0.15) is 0 Å². The molecule has 0 saturated heterocycles. The van der Waals surface area contributed by atoms with Gasteiger partial charge in [-0.25, -0.2) is 0 Å². The molecule has 4 rings (SSSR count). The Morgan fingerprint density at radius 2 is 2.14 bits per heavy atom. The Morgan fingerprint density at radius 3 is 2.81 bits per heavy atom. The lowest BCUT2D eigenvalue weighted by Crippen LogP contribution is -2.28. The van der Waals surface area contributed by atoms with Crippen molar-refractivity contribution >= 4 is 33.8 Å². The highest BCUT2D eigenvalue weighted by molar-refractivity contribution is 7.71. The first-order valence-corrected chi connectivity index (χ1v) is 9.00. The van der Waals surface area contributed by atoms with Crippen molar-refractivity contribution in [1.82, 2.24) is 9.55 Å². The Bertz CT molecular complexity index is 829. The van der Waals surface area contributed by atoms with Gasteiger partial charge in [0.25, 0.3) is 5.56 Å². The molecule has 3 unspecified atom stereocenters. The largest absolute Gasteiger partial charge is 0.323 e. The molecular formula is C16H20N2OS2. The van der Waals surface area contributed by atoms with Gasteiger partial charge in [0.15, 0.2) is 4.77 Å². The van der Waals surface area contributed by atoms with Gasteiger partial charge in [-0.3, -0.25) is 9.36 Å². The van der Waals surface area contributed by atoms with Crippen LogP contribution in [0.25, 0.3) is 10.2 Å². The molecule has 0 radical (unpaired) electrons. The number of hydrogen-bond donors (Lipinski definition) is 1. The maximum absolute atomic E-state index is 12.9. The summed E-state index contributed by atoms with van der Waals surface area (Å²) in [6.07, 6.45) is 5.39. The monoisotopic (exact) mass is 320 g/mol. The number of nitrogens with one attached hydrogen (secondary N) is 1. The standard InChI is InChI=1S/C16H20N2OS2/c1-8-9(2)21-14-13(8)15(19)18(16(20)17-14)7-12-6-10-3-4-11(12)5-10/h10-12H,3-7H2,1-2H3,(H,17,20). The number of rotatable bonds is 2. The summed E-state index contributed by atoms with van der Waals surface area (Å²) in [6, 6.07) is 0. The van der Waals surface area contributed by atoms with E-state index in [1.54, 1.807) is 11.3 Å². The molecule has 2 aliphatic carbocycles. The van der Waals surface area contributed by atoms with Crippen LogP contribution in [0.3, 0.4) is 0 Å². The lowest BCUT2D eigenvalue weighted by molar-refractivity contribution is 0.291. The van der Waals surface area contributed by atoms with Gasteiger partial charge in [-0.05, 0) is 68.6 Å². The number of nitrogens with zero attached hydrogens (tertiary/aromatic N) is 1. The van der Waals surface area contributed by atoms with Crippen LogP contribution in [0.1, 0.15) is 36.1 Å². The van der Waals surface area contributed by atoms with Crippen LogP contribution < -0.4 is 5.56 Å². The molecule has 2 saturated carbocycles. The molecule has 0 spiro atoms. The Morgan fingerprint density at radius 1 is 1.33 bits per heavy atom. The van der Waals surface area contributed by atoms with Crippen LogP contribution in [0.4, 0.5) is 0 Å². The molecule has 2 aromatic heterocycles. The summed E-state index contributed by atoms with van der Waals surface area (Å²) in [5.74, 6) is 2.37. The number of hydrogen-bond acceptors (Lipinski definition) is 3. The molecule has 5 heteroatoms. The zero-order valence-electron chi connectivity index (χ0n) is 12.4. The van der Waals surface area contributed by atoms with Gasteiger partial charge in [0, 0.05) is 11.4 Å². The van der Waals surface area contributed by atoms with E-state index < -0.39 is 0 Å². The average Bonchev–Trinajstić information content (AvgIpc) is 3.11.